The summed E-state index contributed by atoms with van der Waals surface area (Å²) in [6, 6.07) is 15.7. The number of ether oxygens (including phenoxy) is 1. The van der Waals surface area contributed by atoms with Gasteiger partial charge in [0.25, 0.3) is 0 Å². The van der Waals surface area contributed by atoms with Crippen LogP contribution >= 0.6 is 0 Å². The third-order valence-electron chi connectivity index (χ3n) is 4.62. The van der Waals surface area contributed by atoms with E-state index < -0.39 is 6.67 Å². The van der Waals surface area contributed by atoms with E-state index in [4.69, 9.17) is 9.72 Å². The van der Waals surface area contributed by atoms with E-state index in [-0.39, 0.29) is 12.4 Å². The molecule has 0 fully saturated rings. The van der Waals surface area contributed by atoms with Gasteiger partial charge in [-0.25, -0.2) is 13.8 Å². The van der Waals surface area contributed by atoms with Crippen LogP contribution in [0.1, 0.15) is 0 Å². The first-order valence-electron chi connectivity index (χ1n) is 9.21. The smallest absolute Gasteiger partial charge is 0.146 e. The van der Waals surface area contributed by atoms with Crippen LogP contribution in [0.25, 0.3) is 33.3 Å². The molecule has 0 amide bonds. The van der Waals surface area contributed by atoms with Gasteiger partial charge >= 0.3 is 0 Å². The fourth-order valence-corrected chi connectivity index (χ4v) is 3.23. The predicted octanol–water partition coefficient (Wildman–Crippen LogP) is 5.49. The zero-order valence-electron chi connectivity index (χ0n) is 15.8. The van der Waals surface area contributed by atoms with Crippen LogP contribution in [-0.2, 0) is 0 Å². The number of pyridine rings is 2. The fraction of sp³-hybridized carbons (Fsp3) is 0.130. The highest BCUT2D eigenvalue weighted by Gasteiger charge is 2.14. The van der Waals surface area contributed by atoms with Gasteiger partial charge < -0.3 is 10.1 Å². The lowest BCUT2D eigenvalue weighted by molar-refractivity contribution is 0.275. The molecule has 4 aromatic rings. The molecule has 0 aliphatic rings. The van der Waals surface area contributed by atoms with Crippen LogP contribution in [0.2, 0.25) is 0 Å². The summed E-state index contributed by atoms with van der Waals surface area (Å²) in [5.74, 6) is 0.170. The molecule has 0 radical (unpaired) electrons. The second kappa shape index (κ2) is 8.22. The summed E-state index contributed by atoms with van der Waals surface area (Å²) >= 11 is 0. The van der Waals surface area contributed by atoms with Gasteiger partial charge in [0, 0.05) is 36.1 Å². The third-order valence-corrected chi connectivity index (χ3v) is 4.62. The minimum Gasteiger partial charge on any atom is -0.489 e. The monoisotopic (exact) mass is 391 g/mol. The highest BCUT2D eigenvalue weighted by molar-refractivity contribution is 6.00. The van der Waals surface area contributed by atoms with Gasteiger partial charge in [-0.1, -0.05) is 12.1 Å². The molecule has 6 heteroatoms. The first kappa shape index (κ1) is 18.8. The number of halogens is 2. The zero-order valence-corrected chi connectivity index (χ0v) is 15.8. The molecule has 0 aliphatic carbocycles. The summed E-state index contributed by atoms with van der Waals surface area (Å²) in [7, 11) is 1.83. The normalized spacial score (nSPS) is 10.9. The number of hydrogen-bond acceptors (Lipinski definition) is 4. The lowest BCUT2D eigenvalue weighted by Crippen LogP contribution is -2.02. The van der Waals surface area contributed by atoms with Gasteiger partial charge in [-0.3, -0.25) is 4.98 Å². The lowest BCUT2D eigenvalue weighted by atomic mass is 10.0. The molecule has 1 N–H and O–H groups in total. The molecule has 0 aliphatic heterocycles. The molecule has 2 aromatic carbocycles. The van der Waals surface area contributed by atoms with Crippen LogP contribution < -0.4 is 10.1 Å². The van der Waals surface area contributed by atoms with E-state index in [1.807, 2.05) is 37.4 Å². The molecule has 0 saturated carbocycles. The minimum atomic E-state index is -0.608. The van der Waals surface area contributed by atoms with E-state index in [2.05, 4.69) is 10.3 Å². The van der Waals surface area contributed by atoms with E-state index in [1.165, 1.54) is 12.1 Å². The quantitative estimate of drug-likeness (QED) is 0.472. The van der Waals surface area contributed by atoms with Crippen LogP contribution in [-0.4, -0.2) is 30.3 Å². The number of nitrogens with one attached hydrogen (secondary N) is 1. The Labute approximate surface area is 167 Å². The molecule has 0 atom stereocenters. The van der Waals surface area contributed by atoms with E-state index in [9.17, 15) is 8.78 Å². The van der Waals surface area contributed by atoms with Crippen molar-refractivity contribution >= 4 is 16.6 Å². The number of anilines is 1. The molecular formula is C23H19F2N3O. The number of fused-ring (bicyclic) bond motifs is 1. The number of nitrogens with zero attached hydrogens (tertiary/aromatic N) is 2. The van der Waals surface area contributed by atoms with E-state index >= 15 is 0 Å². The summed E-state index contributed by atoms with van der Waals surface area (Å²) in [6.45, 7) is -0.681. The van der Waals surface area contributed by atoms with Crippen LogP contribution in [0, 0.1) is 5.82 Å². The summed E-state index contributed by atoms with van der Waals surface area (Å²) in [4.78, 5) is 8.93. The summed E-state index contributed by atoms with van der Waals surface area (Å²) in [5.41, 5.74) is 4.73. The van der Waals surface area contributed by atoms with Crippen molar-refractivity contribution < 1.29 is 13.5 Å². The zero-order chi connectivity index (χ0) is 20.2. The van der Waals surface area contributed by atoms with Gasteiger partial charge in [-0.05, 0) is 53.6 Å². The van der Waals surface area contributed by atoms with Crippen LogP contribution in [0.4, 0.5) is 14.5 Å². The Morgan fingerprint density at radius 3 is 2.52 bits per heavy atom. The Morgan fingerprint density at radius 1 is 1.00 bits per heavy atom. The van der Waals surface area contributed by atoms with Crippen molar-refractivity contribution in [3.05, 3.63) is 72.8 Å². The predicted molar refractivity (Wildman–Crippen MR) is 111 cm³/mol. The molecule has 146 valence electrons. The summed E-state index contributed by atoms with van der Waals surface area (Å²) in [6.07, 6.45) is 3.44. The Bertz CT molecular complexity index is 1130. The molecule has 2 aromatic heterocycles. The minimum absolute atomic E-state index is 0.0738. The Hall–Kier alpha value is -3.54. The van der Waals surface area contributed by atoms with Gasteiger partial charge in [0.2, 0.25) is 0 Å². The fourth-order valence-electron chi connectivity index (χ4n) is 3.23. The highest BCUT2D eigenvalue weighted by Crippen LogP contribution is 2.37. The van der Waals surface area contributed by atoms with Crippen molar-refractivity contribution in [3.63, 3.8) is 0 Å². The molecule has 0 spiro atoms. The topological polar surface area (TPSA) is 47.0 Å². The van der Waals surface area contributed by atoms with Crippen molar-refractivity contribution in [1.82, 2.24) is 9.97 Å². The van der Waals surface area contributed by atoms with Crippen molar-refractivity contribution in [1.29, 1.82) is 0 Å². The number of rotatable bonds is 6. The third kappa shape index (κ3) is 3.87. The first-order chi connectivity index (χ1) is 14.2. The number of hydrogen-bond donors (Lipinski definition) is 1. The van der Waals surface area contributed by atoms with Crippen molar-refractivity contribution in [2.24, 2.45) is 0 Å². The largest absolute Gasteiger partial charge is 0.489 e. The van der Waals surface area contributed by atoms with Gasteiger partial charge in [0.15, 0.2) is 0 Å². The maximum absolute atomic E-state index is 13.3. The Kier molecular flexibility index (Phi) is 5.33. The molecule has 2 heterocycles. The Morgan fingerprint density at radius 2 is 1.83 bits per heavy atom. The van der Waals surface area contributed by atoms with E-state index in [1.54, 1.807) is 24.5 Å². The molecule has 0 saturated heterocycles. The van der Waals surface area contributed by atoms with Gasteiger partial charge in [-0.15, -0.1) is 0 Å². The van der Waals surface area contributed by atoms with E-state index in [0.29, 0.717) is 11.3 Å². The molecule has 4 nitrogen and oxygen atoms in total. The number of benzene rings is 2. The maximum atomic E-state index is 13.3. The van der Waals surface area contributed by atoms with Crippen LogP contribution in [0.5, 0.6) is 5.75 Å². The molecule has 0 unspecified atom stereocenters. The van der Waals surface area contributed by atoms with Crippen molar-refractivity contribution in [3.8, 4) is 28.1 Å². The van der Waals surface area contributed by atoms with Crippen molar-refractivity contribution in [2.75, 3.05) is 25.6 Å². The van der Waals surface area contributed by atoms with Gasteiger partial charge in [0.05, 0.1) is 5.69 Å². The van der Waals surface area contributed by atoms with Crippen LogP contribution in [0.3, 0.4) is 0 Å². The Balaban J connectivity index is 1.95. The van der Waals surface area contributed by atoms with E-state index in [0.717, 1.165) is 33.5 Å². The average molecular weight is 391 g/mol. The summed E-state index contributed by atoms with van der Waals surface area (Å²) < 4.78 is 31.9. The lowest BCUT2D eigenvalue weighted by Gasteiger charge is -2.15. The van der Waals surface area contributed by atoms with Gasteiger partial charge in [-0.2, -0.15) is 0 Å². The molecule has 4 rings (SSSR count). The van der Waals surface area contributed by atoms with Crippen LogP contribution in [0.15, 0.2) is 67.0 Å². The highest BCUT2D eigenvalue weighted by atomic mass is 19.1. The summed E-state index contributed by atoms with van der Waals surface area (Å²) in [5, 5.41) is 4.03. The number of aromatic nitrogens is 2. The number of alkyl halides is 1. The standard InChI is InChI=1S/C23H19F2N3O/c1-26-21-13-20(16-3-2-9-27-14-16)28-23-19(21)11-17(12-22(23)29-10-8-24)15-4-6-18(25)7-5-15/h2-7,9,11-14H,8,10H2,1H3,(H,26,28). The van der Waals surface area contributed by atoms with Crippen molar-refractivity contribution in [2.45, 2.75) is 0 Å². The SMILES string of the molecule is CNc1cc(-c2cccnc2)nc2c(OCCF)cc(-c3ccc(F)cc3)cc12. The first-order valence-corrected chi connectivity index (χ1v) is 9.21. The second-order valence-electron chi connectivity index (χ2n) is 6.46. The molecule has 0 bridgehead atoms. The van der Waals surface area contributed by atoms with Gasteiger partial charge in [0.1, 0.15) is 30.4 Å². The average Bonchev–Trinajstić information content (AvgIpc) is 2.77. The molecule has 29 heavy (non-hydrogen) atoms. The molecular weight excluding hydrogens is 372 g/mol. The maximum Gasteiger partial charge on any atom is 0.146 e. The second-order valence-corrected chi connectivity index (χ2v) is 6.46.